The van der Waals surface area contributed by atoms with Gasteiger partial charge in [-0.3, -0.25) is 0 Å². The Balaban J connectivity index is 3.34. The lowest BCUT2D eigenvalue weighted by Crippen LogP contribution is -2.40. The van der Waals surface area contributed by atoms with E-state index in [2.05, 4.69) is 10.6 Å². The lowest BCUT2D eigenvalue weighted by atomic mass is 10.4. The zero-order valence-electron chi connectivity index (χ0n) is 7.23. The van der Waals surface area contributed by atoms with Crippen molar-refractivity contribution >= 4 is 29.2 Å². The molecule has 0 aliphatic carbocycles. The molecule has 12 heavy (non-hydrogen) atoms. The minimum Gasteiger partial charge on any atom is -0.337 e. The predicted octanol–water partition coefficient (Wildman–Crippen LogP) is 1.54. The summed E-state index contributed by atoms with van der Waals surface area (Å²) in [6.07, 6.45) is 0. The molecule has 0 spiro atoms. The predicted molar refractivity (Wildman–Crippen MR) is 52.0 cm³/mol. The fourth-order valence-electron chi connectivity index (χ4n) is 0.529. The van der Waals surface area contributed by atoms with Crippen LogP contribution in [0.4, 0.5) is 4.79 Å². The number of urea groups is 1. The Kier molecular flexibility index (Phi) is 6.30. The van der Waals surface area contributed by atoms with Gasteiger partial charge in [-0.05, 0) is 13.8 Å². The average molecular weight is 213 g/mol. The molecule has 2 unspecified atom stereocenters. The number of halogens is 2. The molecule has 0 rings (SSSR count). The summed E-state index contributed by atoms with van der Waals surface area (Å²) in [6.45, 7) is 4.55. The van der Waals surface area contributed by atoms with Crippen LogP contribution in [0.15, 0.2) is 0 Å². The molecule has 0 heterocycles. The topological polar surface area (TPSA) is 41.1 Å². The fraction of sp³-hybridized carbons (Fsp3) is 0.857. The maximum absolute atomic E-state index is 10.9. The van der Waals surface area contributed by atoms with Gasteiger partial charge in [0.1, 0.15) is 0 Å². The monoisotopic (exact) mass is 212 g/mol. The van der Waals surface area contributed by atoms with Gasteiger partial charge in [-0.25, -0.2) is 4.79 Å². The fourth-order valence-corrected chi connectivity index (χ4v) is 0.683. The summed E-state index contributed by atoms with van der Waals surface area (Å²) >= 11 is 11.2. The molecule has 0 aliphatic rings. The largest absolute Gasteiger partial charge is 0.337 e. The Morgan fingerprint density at radius 2 is 1.50 bits per heavy atom. The van der Waals surface area contributed by atoms with Crippen molar-refractivity contribution < 1.29 is 4.79 Å². The molecule has 0 aromatic heterocycles. The van der Waals surface area contributed by atoms with E-state index in [4.69, 9.17) is 23.2 Å². The summed E-state index contributed by atoms with van der Waals surface area (Å²) in [4.78, 5) is 10.9. The molecule has 0 aliphatic heterocycles. The standard InChI is InChI=1S/C7H14Cl2N2O/c1-5(8)3-10-7(12)11-4-6(2)9/h5-6H,3-4H2,1-2H3,(H2,10,11,12). The summed E-state index contributed by atoms with van der Waals surface area (Å²) in [5, 5.41) is 5.09. The van der Waals surface area contributed by atoms with Gasteiger partial charge >= 0.3 is 6.03 Å². The first-order chi connectivity index (χ1) is 5.52. The number of carbonyl (C=O) groups excluding carboxylic acids is 1. The molecule has 72 valence electrons. The van der Waals surface area contributed by atoms with Crippen molar-refractivity contribution in [3.63, 3.8) is 0 Å². The first kappa shape index (κ1) is 11.8. The van der Waals surface area contributed by atoms with Crippen molar-refractivity contribution in [2.45, 2.75) is 24.6 Å². The van der Waals surface area contributed by atoms with E-state index in [-0.39, 0.29) is 16.8 Å². The van der Waals surface area contributed by atoms with Crippen molar-refractivity contribution in [2.24, 2.45) is 0 Å². The molecular formula is C7H14Cl2N2O. The van der Waals surface area contributed by atoms with Crippen LogP contribution >= 0.6 is 23.2 Å². The van der Waals surface area contributed by atoms with E-state index in [9.17, 15) is 4.79 Å². The minimum absolute atomic E-state index is 0.0517. The zero-order chi connectivity index (χ0) is 9.56. The second-order valence-electron chi connectivity index (χ2n) is 2.65. The van der Waals surface area contributed by atoms with Gasteiger partial charge in [0.15, 0.2) is 0 Å². The van der Waals surface area contributed by atoms with Crippen LogP contribution in [-0.2, 0) is 0 Å². The van der Waals surface area contributed by atoms with E-state index >= 15 is 0 Å². The Bertz CT molecular complexity index is 125. The molecular weight excluding hydrogens is 199 g/mol. The Hall–Kier alpha value is -0.150. The zero-order valence-corrected chi connectivity index (χ0v) is 8.74. The molecule has 5 heteroatoms. The third kappa shape index (κ3) is 7.95. The van der Waals surface area contributed by atoms with Gasteiger partial charge in [-0.15, -0.1) is 23.2 Å². The summed E-state index contributed by atoms with van der Waals surface area (Å²) in [5.74, 6) is 0. The van der Waals surface area contributed by atoms with Crippen molar-refractivity contribution in [3.05, 3.63) is 0 Å². The van der Waals surface area contributed by atoms with Gasteiger partial charge in [-0.1, -0.05) is 0 Å². The van der Waals surface area contributed by atoms with Crippen LogP contribution in [-0.4, -0.2) is 29.9 Å². The van der Waals surface area contributed by atoms with E-state index in [1.54, 1.807) is 0 Å². The number of carbonyl (C=O) groups is 1. The maximum atomic E-state index is 10.9. The average Bonchev–Trinajstić information content (AvgIpc) is 1.96. The molecule has 0 bridgehead atoms. The summed E-state index contributed by atoms with van der Waals surface area (Å²) in [7, 11) is 0. The smallest absolute Gasteiger partial charge is 0.314 e. The highest BCUT2D eigenvalue weighted by molar-refractivity contribution is 6.20. The Labute approximate surface area is 82.8 Å². The first-order valence-electron chi connectivity index (χ1n) is 3.82. The molecule has 3 nitrogen and oxygen atoms in total. The lowest BCUT2D eigenvalue weighted by Gasteiger charge is -2.08. The molecule has 0 saturated carbocycles. The third-order valence-corrected chi connectivity index (χ3v) is 1.40. The van der Waals surface area contributed by atoms with E-state index in [1.807, 2.05) is 13.8 Å². The van der Waals surface area contributed by atoms with Crippen molar-refractivity contribution in [1.29, 1.82) is 0 Å². The van der Waals surface area contributed by atoms with Gasteiger partial charge in [0, 0.05) is 23.8 Å². The molecule has 2 N–H and O–H groups in total. The molecule has 0 aromatic carbocycles. The highest BCUT2D eigenvalue weighted by atomic mass is 35.5. The number of hydrogen-bond donors (Lipinski definition) is 2. The van der Waals surface area contributed by atoms with Gasteiger partial charge in [0.05, 0.1) is 0 Å². The van der Waals surface area contributed by atoms with Crippen LogP contribution in [0, 0.1) is 0 Å². The molecule has 0 saturated heterocycles. The van der Waals surface area contributed by atoms with Crippen LogP contribution in [0.1, 0.15) is 13.8 Å². The summed E-state index contributed by atoms with van der Waals surface area (Å²) < 4.78 is 0. The van der Waals surface area contributed by atoms with Crippen LogP contribution in [0.5, 0.6) is 0 Å². The van der Waals surface area contributed by atoms with Gasteiger partial charge in [0.2, 0.25) is 0 Å². The van der Waals surface area contributed by atoms with Crippen molar-refractivity contribution in [2.75, 3.05) is 13.1 Å². The van der Waals surface area contributed by atoms with E-state index in [0.29, 0.717) is 13.1 Å². The maximum Gasteiger partial charge on any atom is 0.314 e. The Morgan fingerprint density at radius 3 is 1.75 bits per heavy atom. The van der Waals surface area contributed by atoms with E-state index in [1.165, 1.54) is 0 Å². The molecule has 0 radical (unpaired) electrons. The van der Waals surface area contributed by atoms with E-state index in [0.717, 1.165) is 0 Å². The lowest BCUT2D eigenvalue weighted by molar-refractivity contribution is 0.241. The number of alkyl halides is 2. The van der Waals surface area contributed by atoms with Gasteiger partial charge in [-0.2, -0.15) is 0 Å². The second kappa shape index (κ2) is 6.38. The van der Waals surface area contributed by atoms with Crippen LogP contribution < -0.4 is 10.6 Å². The summed E-state index contributed by atoms with van der Waals surface area (Å²) in [6, 6.07) is -0.227. The highest BCUT2D eigenvalue weighted by Crippen LogP contribution is 1.90. The summed E-state index contributed by atoms with van der Waals surface area (Å²) in [5.41, 5.74) is 0. The van der Waals surface area contributed by atoms with Crippen molar-refractivity contribution in [3.8, 4) is 0 Å². The second-order valence-corrected chi connectivity index (χ2v) is 4.14. The number of nitrogens with one attached hydrogen (secondary N) is 2. The number of rotatable bonds is 4. The molecule has 0 fully saturated rings. The normalized spacial score (nSPS) is 15.0. The third-order valence-electron chi connectivity index (χ3n) is 1.09. The van der Waals surface area contributed by atoms with Crippen LogP contribution in [0.25, 0.3) is 0 Å². The number of amides is 2. The number of hydrogen-bond acceptors (Lipinski definition) is 1. The minimum atomic E-state index is -0.227. The van der Waals surface area contributed by atoms with Crippen LogP contribution in [0.2, 0.25) is 0 Å². The van der Waals surface area contributed by atoms with Crippen LogP contribution in [0.3, 0.4) is 0 Å². The van der Waals surface area contributed by atoms with E-state index < -0.39 is 0 Å². The van der Waals surface area contributed by atoms with Crippen molar-refractivity contribution in [1.82, 2.24) is 10.6 Å². The highest BCUT2D eigenvalue weighted by Gasteiger charge is 2.02. The van der Waals surface area contributed by atoms with Gasteiger partial charge in [0.25, 0.3) is 0 Å². The molecule has 0 aromatic rings. The molecule has 2 amide bonds. The quantitative estimate of drug-likeness (QED) is 0.683. The van der Waals surface area contributed by atoms with Gasteiger partial charge < -0.3 is 10.6 Å². The SMILES string of the molecule is CC(Cl)CNC(=O)NCC(C)Cl. The molecule has 2 atom stereocenters. The Morgan fingerprint density at radius 1 is 1.17 bits per heavy atom. The first-order valence-corrected chi connectivity index (χ1v) is 4.69.